The fourth-order valence-corrected chi connectivity index (χ4v) is 2.88. The first-order valence-corrected chi connectivity index (χ1v) is 9.20. The van der Waals surface area contributed by atoms with Gasteiger partial charge >= 0.3 is 0 Å². The van der Waals surface area contributed by atoms with Gasteiger partial charge in [-0.05, 0) is 54.8 Å². The van der Waals surface area contributed by atoms with Crippen LogP contribution in [-0.2, 0) is 16.6 Å². The minimum atomic E-state index is -3.29. The van der Waals surface area contributed by atoms with Crippen LogP contribution in [0.2, 0.25) is 0 Å². The minimum Gasteiger partial charge on any atom is -0.306 e. The molecule has 0 saturated heterocycles. The smallest absolute Gasteiger partial charge is 0.229 e. The molecule has 4 nitrogen and oxygen atoms in total. The van der Waals surface area contributed by atoms with Gasteiger partial charge in [-0.1, -0.05) is 18.2 Å². The maximum atomic E-state index is 13.1. The zero-order valence-corrected chi connectivity index (χ0v) is 14.2. The lowest BCUT2D eigenvalue weighted by Crippen LogP contribution is -2.19. The molecule has 0 spiro atoms. The third-order valence-electron chi connectivity index (χ3n) is 3.59. The van der Waals surface area contributed by atoms with Crippen LogP contribution in [0.1, 0.15) is 29.7 Å². The van der Waals surface area contributed by atoms with Gasteiger partial charge in [0.1, 0.15) is 5.82 Å². The number of hydrogen-bond acceptors (Lipinski definition) is 3. The molecular formula is C17H21FN2O2S. The number of aryl methyl sites for hydroxylation is 1. The van der Waals surface area contributed by atoms with E-state index < -0.39 is 10.0 Å². The van der Waals surface area contributed by atoms with Crippen LogP contribution in [0.5, 0.6) is 0 Å². The lowest BCUT2D eigenvalue weighted by molar-refractivity contribution is 0.571. The molecule has 1 atom stereocenters. The number of hydrogen-bond donors (Lipinski definition) is 2. The van der Waals surface area contributed by atoms with Crippen LogP contribution in [0.25, 0.3) is 0 Å². The van der Waals surface area contributed by atoms with Crippen molar-refractivity contribution in [2.24, 2.45) is 0 Å². The van der Waals surface area contributed by atoms with Crippen molar-refractivity contribution in [3.63, 3.8) is 0 Å². The number of benzene rings is 2. The second kappa shape index (κ2) is 7.10. The van der Waals surface area contributed by atoms with Crippen molar-refractivity contribution in [1.82, 2.24) is 5.32 Å². The fraction of sp³-hybridized carbons (Fsp3) is 0.294. The van der Waals surface area contributed by atoms with E-state index >= 15 is 0 Å². The molecule has 2 aromatic rings. The summed E-state index contributed by atoms with van der Waals surface area (Å²) in [7, 11) is -3.29. The summed E-state index contributed by atoms with van der Waals surface area (Å²) >= 11 is 0. The number of rotatable bonds is 6. The second-order valence-corrected chi connectivity index (χ2v) is 7.42. The van der Waals surface area contributed by atoms with Crippen LogP contribution >= 0.6 is 0 Å². The summed E-state index contributed by atoms with van der Waals surface area (Å²) in [5.41, 5.74) is 3.44. The summed E-state index contributed by atoms with van der Waals surface area (Å²) in [5.74, 6) is -0.237. The van der Waals surface area contributed by atoms with Gasteiger partial charge < -0.3 is 5.32 Å². The maximum absolute atomic E-state index is 13.1. The van der Waals surface area contributed by atoms with Crippen molar-refractivity contribution in [2.75, 3.05) is 11.0 Å². The van der Waals surface area contributed by atoms with Crippen LogP contribution in [0.3, 0.4) is 0 Å². The SMILES string of the molecule is Cc1cc(F)ccc1CN[C@H](C)c1cccc(NS(C)(=O)=O)c1. The molecule has 124 valence electrons. The Kier molecular flexibility index (Phi) is 5.38. The number of nitrogens with one attached hydrogen (secondary N) is 2. The van der Waals surface area contributed by atoms with Gasteiger partial charge in [0.2, 0.25) is 10.0 Å². The summed E-state index contributed by atoms with van der Waals surface area (Å²) in [6.45, 7) is 4.48. The van der Waals surface area contributed by atoms with Crippen LogP contribution in [0.15, 0.2) is 42.5 Å². The van der Waals surface area contributed by atoms with Crippen molar-refractivity contribution >= 4 is 15.7 Å². The molecule has 0 aliphatic carbocycles. The molecule has 0 aliphatic heterocycles. The van der Waals surface area contributed by atoms with Crippen molar-refractivity contribution in [3.05, 3.63) is 65.0 Å². The highest BCUT2D eigenvalue weighted by Gasteiger charge is 2.09. The fourth-order valence-electron chi connectivity index (χ4n) is 2.32. The predicted molar refractivity (Wildman–Crippen MR) is 91.3 cm³/mol. The molecule has 2 rings (SSSR count). The van der Waals surface area contributed by atoms with E-state index in [1.165, 1.54) is 12.1 Å². The summed E-state index contributed by atoms with van der Waals surface area (Å²) in [5, 5.41) is 3.37. The zero-order chi connectivity index (χ0) is 17.0. The first-order valence-electron chi connectivity index (χ1n) is 7.31. The van der Waals surface area contributed by atoms with E-state index in [0.717, 1.165) is 22.9 Å². The van der Waals surface area contributed by atoms with Crippen LogP contribution in [-0.4, -0.2) is 14.7 Å². The Hall–Kier alpha value is -1.92. The second-order valence-electron chi connectivity index (χ2n) is 5.67. The van der Waals surface area contributed by atoms with Crippen molar-refractivity contribution in [3.8, 4) is 0 Å². The van der Waals surface area contributed by atoms with E-state index in [2.05, 4.69) is 10.0 Å². The standard InChI is InChI=1S/C17H21FN2O2S/c1-12-9-16(18)8-7-15(12)11-19-13(2)14-5-4-6-17(10-14)20-23(3,21)22/h4-10,13,19-20H,11H2,1-3H3/t13-/m1/s1. The quantitative estimate of drug-likeness (QED) is 0.850. The molecule has 0 bridgehead atoms. The molecule has 0 aromatic heterocycles. The highest BCUT2D eigenvalue weighted by Crippen LogP contribution is 2.19. The third kappa shape index (κ3) is 5.33. The van der Waals surface area contributed by atoms with Gasteiger partial charge in [0.05, 0.1) is 6.26 Å². The molecule has 0 aliphatic rings. The Bertz CT molecular complexity index is 791. The predicted octanol–water partition coefficient (Wildman–Crippen LogP) is 3.36. The van der Waals surface area contributed by atoms with Gasteiger partial charge in [-0.3, -0.25) is 4.72 Å². The van der Waals surface area contributed by atoms with Crippen molar-refractivity contribution in [1.29, 1.82) is 0 Å². The first-order chi connectivity index (χ1) is 10.7. The minimum absolute atomic E-state index is 0.0285. The Morgan fingerprint density at radius 3 is 2.57 bits per heavy atom. The Labute approximate surface area is 136 Å². The average molecular weight is 336 g/mol. The molecular weight excluding hydrogens is 315 g/mol. The normalized spacial score (nSPS) is 12.9. The summed E-state index contributed by atoms with van der Waals surface area (Å²) in [4.78, 5) is 0. The maximum Gasteiger partial charge on any atom is 0.229 e. The highest BCUT2D eigenvalue weighted by atomic mass is 32.2. The monoisotopic (exact) mass is 336 g/mol. The van der Waals surface area contributed by atoms with Crippen molar-refractivity contribution in [2.45, 2.75) is 26.4 Å². The number of sulfonamides is 1. The van der Waals surface area contributed by atoms with Crippen LogP contribution in [0, 0.1) is 12.7 Å². The third-order valence-corrected chi connectivity index (χ3v) is 4.20. The molecule has 0 amide bonds. The molecule has 0 radical (unpaired) electrons. The average Bonchev–Trinajstić information content (AvgIpc) is 2.44. The number of anilines is 1. The first kappa shape index (κ1) is 17.4. The van der Waals surface area contributed by atoms with E-state index in [9.17, 15) is 12.8 Å². The molecule has 0 fully saturated rings. The molecule has 23 heavy (non-hydrogen) atoms. The van der Waals surface area contributed by atoms with Crippen LogP contribution < -0.4 is 10.0 Å². The van der Waals surface area contributed by atoms with E-state index in [4.69, 9.17) is 0 Å². The van der Waals surface area contributed by atoms with E-state index in [1.807, 2.05) is 26.0 Å². The highest BCUT2D eigenvalue weighted by molar-refractivity contribution is 7.92. The van der Waals surface area contributed by atoms with Gasteiger partial charge in [-0.2, -0.15) is 0 Å². The van der Waals surface area contributed by atoms with Gasteiger partial charge in [-0.15, -0.1) is 0 Å². The summed E-state index contributed by atoms with van der Waals surface area (Å²) in [6.07, 6.45) is 1.12. The van der Waals surface area contributed by atoms with E-state index in [0.29, 0.717) is 12.2 Å². The molecule has 2 aromatic carbocycles. The molecule has 0 unspecified atom stereocenters. The molecule has 2 N–H and O–H groups in total. The van der Waals surface area contributed by atoms with E-state index in [1.54, 1.807) is 18.2 Å². The lowest BCUT2D eigenvalue weighted by atomic mass is 10.1. The van der Waals surface area contributed by atoms with Gasteiger partial charge in [0.25, 0.3) is 0 Å². The molecule has 0 saturated carbocycles. The lowest BCUT2D eigenvalue weighted by Gasteiger charge is -2.16. The summed E-state index contributed by atoms with van der Waals surface area (Å²) in [6, 6.07) is 12.0. The topological polar surface area (TPSA) is 58.2 Å². The zero-order valence-electron chi connectivity index (χ0n) is 13.4. The Morgan fingerprint density at radius 2 is 1.91 bits per heavy atom. The number of halogens is 1. The van der Waals surface area contributed by atoms with Gasteiger partial charge in [0, 0.05) is 18.3 Å². The molecule has 6 heteroatoms. The van der Waals surface area contributed by atoms with E-state index in [-0.39, 0.29) is 11.9 Å². The Morgan fingerprint density at radius 1 is 1.17 bits per heavy atom. The Balaban J connectivity index is 2.05. The van der Waals surface area contributed by atoms with Crippen molar-refractivity contribution < 1.29 is 12.8 Å². The van der Waals surface area contributed by atoms with Crippen LogP contribution in [0.4, 0.5) is 10.1 Å². The summed E-state index contributed by atoms with van der Waals surface area (Å²) < 4.78 is 38.2. The van der Waals surface area contributed by atoms with Gasteiger partial charge in [0.15, 0.2) is 0 Å². The molecule has 0 heterocycles. The van der Waals surface area contributed by atoms with Gasteiger partial charge in [-0.25, -0.2) is 12.8 Å². The largest absolute Gasteiger partial charge is 0.306 e.